The van der Waals surface area contributed by atoms with E-state index in [-0.39, 0.29) is 17.3 Å². The maximum Gasteiger partial charge on any atom is 0.353 e. The number of hydrogen-bond acceptors (Lipinski definition) is 6. The number of para-hydroxylation sites is 1. The van der Waals surface area contributed by atoms with Crippen LogP contribution in [0.2, 0.25) is 5.02 Å². The highest BCUT2D eigenvalue weighted by molar-refractivity contribution is 6.30. The number of halogens is 1. The Hall–Kier alpha value is -3.19. The van der Waals surface area contributed by atoms with Crippen LogP contribution in [0.1, 0.15) is 5.56 Å². The van der Waals surface area contributed by atoms with Crippen molar-refractivity contribution in [2.45, 2.75) is 6.92 Å². The third kappa shape index (κ3) is 3.84. The third-order valence-corrected chi connectivity index (χ3v) is 3.72. The molecule has 0 unspecified atom stereocenters. The fraction of sp³-hybridized carbons (Fsp3) is 0.0588. The van der Waals surface area contributed by atoms with Crippen molar-refractivity contribution in [2.75, 3.05) is 10.6 Å². The Balaban J connectivity index is 1.99. The standard InChI is InChI=1S/C17H14ClN5O2/c1-11-9-12(18)7-8-14(11)22-17-15(23(24)25)16(19-10-20-17)21-13-5-3-2-4-6-13/h2-10H,1H3,(H2,19,20,21,22). The van der Waals surface area contributed by atoms with Gasteiger partial charge in [0, 0.05) is 16.4 Å². The molecular formula is C17H14ClN5O2. The van der Waals surface area contributed by atoms with Crippen LogP contribution in [0, 0.1) is 17.0 Å². The van der Waals surface area contributed by atoms with Gasteiger partial charge in [-0.2, -0.15) is 0 Å². The summed E-state index contributed by atoms with van der Waals surface area (Å²) in [6, 6.07) is 14.3. The number of benzene rings is 2. The molecule has 0 aliphatic rings. The zero-order valence-corrected chi connectivity index (χ0v) is 14.0. The first kappa shape index (κ1) is 16.7. The Morgan fingerprint density at radius 2 is 1.72 bits per heavy atom. The largest absolute Gasteiger partial charge is 0.353 e. The van der Waals surface area contributed by atoms with Crippen molar-refractivity contribution in [3.63, 3.8) is 0 Å². The molecule has 0 saturated carbocycles. The molecular weight excluding hydrogens is 342 g/mol. The van der Waals surface area contributed by atoms with E-state index in [2.05, 4.69) is 20.6 Å². The SMILES string of the molecule is Cc1cc(Cl)ccc1Nc1ncnc(Nc2ccccc2)c1[N+](=O)[O-]. The van der Waals surface area contributed by atoms with Crippen LogP contribution in [0.25, 0.3) is 0 Å². The van der Waals surface area contributed by atoms with Gasteiger partial charge < -0.3 is 10.6 Å². The quantitative estimate of drug-likeness (QED) is 0.502. The average Bonchev–Trinajstić information content (AvgIpc) is 2.58. The maximum absolute atomic E-state index is 11.6. The van der Waals surface area contributed by atoms with Gasteiger partial charge in [-0.1, -0.05) is 29.8 Å². The Morgan fingerprint density at radius 3 is 2.36 bits per heavy atom. The van der Waals surface area contributed by atoms with Gasteiger partial charge in [0.2, 0.25) is 11.6 Å². The minimum absolute atomic E-state index is 0.101. The van der Waals surface area contributed by atoms with Crippen LogP contribution < -0.4 is 10.6 Å². The fourth-order valence-corrected chi connectivity index (χ4v) is 2.51. The van der Waals surface area contributed by atoms with E-state index in [1.807, 2.05) is 25.1 Å². The molecule has 3 rings (SSSR count). The zero-order valence-electron chi connectivity index (χ0n) is 13.2. The summed E-state index contributed by atoms with van der Waals surface area (Å²) in [5.74, 6) is 0.212. The molecule has 0 fully saturated rings. The first-order valence-electron chi connectivity index (χ1n) is 7.39. The molecule has 0 bridgehead atoms. The molecule has 0 aliphatic heterocycles. The Kier molecular flexibility index (Phi) is 4.76. The van der Waals surface area contributed by atoms with Crippen molar-refractivity contribution >= 4 is 40.3 Å². The van der Waals surface area contributed by atoms with E-state index in [1.165, 1.54) is 6.33 Å². The van der Waals surface area contributed by atoms with Crippen molar-refractivity contribution in [3.05, 3.63) is 75.6 Å². The average molecular weight is 356 g/mol. The summed E-state index contributed by atoms with van der Waals surface area (Å²) in [7, 11) is 0. The second kappa shape index (κ2) is 7.14. The molecule has 2 N–H and O–H groups in total. The van der Waals surface area contributed by atoms with Gasteiger partial charge >= 0.3 is 5.69 Å². The predicted molar refractivity (Wildman–Crippen MR) is 97.9 cm³/mol. The summed E-state index contributed by atoms with van der Waals surface area (Å²) in [4.78, 5) is 19.1. The second-order valence-corrected chi connectivity index (χ2v) is 5.69. The van der Waals surface area contributed by atoms with Gasteiger partial charge in [-0.25, -0.2) is 9.97 Å². The van der Waals surface area contributed by atoms with E-state index >= 15 is 0 Å². The van der Waals surface area contributed by atoms with Crippen molar-refractivity contribution in [2.24, 2.45) is 0 Å². The Bertz CT molecular complexity index is 918. The third-order valence-electron chi connectivity index (χ3n) is 3.48. The molecule has 0 spiro atoms. The summed E-state index contributed by atoms with van der Waals surface area (Å²) >= 11 is 5.95. The molecule has 0 radical (unpaired) electrons. The summed E-state index contributed by atoms with van der Waals surface area (Å²) in [6.07, 6.45) is 1.27. The molecule has 0 atom stereocenters. The molecule has 2 aromatic carbocycles. The molecule has 1 heterocycles. The molecule has 8 heteroatoms. The van der Waals surface area contributed by atoms with Crippen LogP contribution in [0.4, 0.5) is 28.7 Å². The molecule has 126 valence electrons. The predicted octanol–water partition coefficient (Wildman–Crippen LogP) is 4.83. The first-order valence-corrected chi connectivity index (χ1v) is 7.77. The number of nitro groups is 1. The lowest BCUT2D eigenvalue weighted by atomic mass is 10.2. The summed E-state index contributed by atoms with van der Waals surface area (Å²) in [5, 5.41) is 18.1. The van der Waals surface area contributed by atoms with Crippen molar-refractivity contribution in [1.29, 1.82) is 0 Å². The van der Waals surface area contributed by atoms with E-state index in [0.717, 1.165) is 5.56 Å². The molecule has 3 aromatic rings. The van der Waals surface area contributed by atoms with Crippen LogP contribution in [-0.2, 0) is 0 Å². The van der Waals surface area contributed by atoms with E-state index in [9.17, 15) is 10.1 Å². The van der Waals surface area contributed by atoms with E-state index in [0.29, 0.717) is 16.4 Å². The van der Waals surface area contributed by atoms with Crippen LogP contribution in [0.15, 0.2) is 54.9 Å². The van der Waals surface area contributed by atoms with Crippen LogP contribution >= 0.6 is 11.6 Å². The minimum Gasteiger partial charge on any atom is -0.334 e. The van der Waals surface area contributed by atoms with Crippen molar-refractivity contribution in [1.82, 2.24) is 9.97 Å². The lowest BCUT2D eigenvalue weighted by Gasteiger charge is -2.11. The molecule has 0 saturated heterocycles. The number of nitrogens with one attached hydrogen (secondary N) is 2. The van der Waals surface area contributed by atoms with Gasteiger partial charge in [-0.15, -0.1) is 0 Å². The summed E-state index contributed by atoms with van der Waals surface area (Å²) in [6.45, 7) is 1.85. The number of rotatable bonds is 5. The molecule has 0 aliphatic carbocycles. The minimum atomic E-state index is -0.515. The molecule has 1 aromatic heterocycles. The van der Waals surface area contributed by atoms with E-state index in [1.54, 1.807) is 30.3 Å². The number of aromatic nitrogens is 2. The second-order valence-electron chi connectivity index (χ2n) is 5.25. The normalized spacial score (nSPS) is 10.3. The highest BCUT2D eigenvalue weighted by Gasteiger charge is 2.23. The first-order chi connectivity index (χ1) is 12.0. The number of nitrogens with zero attached hydrogens (tertiary/aromatic N) is 3. The van der Waals surface area contributed by atoms with Gasteiger partial charge in [-0.3, -0.25) is 10.1 Å². The van der Waals surface area contributed by atoms with Crippen LogP contribution in [-0.4, -0.2) is 14.9 Å². The van der Waals surface area contributed by atoms with Gasteiger partial charge in [0.15, 0.2) is 0 Å². The molecule has 25 heavy (non-hydrogen) atoms. The van der Waals surface area contributed by atoms with Gasteiger partial charge in [0.1, 0.15) is 6.33 Å². The van der Waals surface area contributed by atoms with Crippen LogP contribution in [0.3, 0.4) is 0 Å². The topological polar surface area (TPSA) is 93.0 Å². The zero-order chi connectivity index (χ0) is 17.8. The van der Waals surface area contributed by atoms with Crippen molar-refractivity contribution in [3.8, 4) is 0 Å². The lowest BCUT2D eigenvalue weighted by molar-refractivity contribution is -0.383. The highest BCUT2D eigenvalue weighted by atomic mass is 35.5. The number of hydrogen-bond donors (Lipinski definition) is 2. The van der Waals surface area contributed by atoms with E-state index < -0.39 is 4.92 Å². The van der Waals surface area contributed by atoms with Gasteiger partial charge in [0.05, 0.1) is 4.92 Å². The maximum atomic E-state index is 11.6. The monoisotopic (exact) mass is 355 g/mol. The lowest BCUT2D eigenvalue weighted by Crippen LogP contribution is -2.06. The van der Waals surface area contributed by atoms with Crippen LogP contribution in [0.5, 0.6) is 0 Å². The Morgan fingerprint density at radius 1 is 1.04 bits per heavy atom. The van der Waals surface area contributed by atoms with Gasteiger partial charge in [-0.05, 0) is 42.8 Å². The number of aryl methyl sites for hydroxylation is 1. The highest BCUT2D eigenvalue weighted by Crippen LogP contribution is 2.33. The smallest absolute Gasteiger partial charge is 0.334 e. The van der Waals surface area contributed by atoms with Gasteiger partial charge in [0.25, 0.3) is 0 Å². The molecule has 0 amide bonds. The number of anilines is 4. The van der Waals surface area contributed by atoms with E-state index in [4.69, 9.17) is 11.6 Å². The summed E-state index contributed by atoms with van der Waals surface area (Å²) < 4.78 is 0. The van der Waals surface area contributed by atoms with Crippen molar-refractivity contribution < 1.29 is 4.92 Å². The Labute approximate surface area is 148 Å². The molecule has 7 nitrogen and oxygen atoms in total. The summed E-state index contributed by atoms with van der Waals surface area (Å²) in [5.41, 5.74) is 1.98. The fourth-order valence-electron chi connectivity index (χ4n) is 2.29.